The van der Waals surface area contributed by atoms with Gasteiger partial charge in [-0.25, -0.2) is 23.1 Å². The van der Waals surface area contributed by atoms with Crippen LogP contribution < -0.4 is 10.5 Å². The van der Waals surface area contributed by atoms with Crippen molar-refractivity contribution in [2.45, 2.75) is 30.2 Å². The number of nitrogens with one attached hydrogen (secondary N) is 1. The lowest BCUT2D eigenvalue weighted by Gasteiger charge is -2.33. The summed E-state index contributed by atoms with van der Waals surface area (Å²) in [6.45, 7) is 2.97. The molecule has 0 atom stereocenters. The normalized spacial score (nSPS) is 19.6. The number of anilines is 1. The lowest BCUT2D eigenvalue weighted by atomic mass is 9.94. The Bertz CT molecular complexity index is 508. The summed E-state index contributed by atoms with van der Waals surface area (Å²) >= 11 is 0. The molecule has 0 saturated carbocycles. The van der Waals surface area contributed by atoms with Gasteiger partial charge in [0.05, 0.1) is 12.4 Å². The number of nitrogens with zero attached hydrogens (tertiary/aromatic N) is 2. The molecule has 0 radical (unpaired) electrons. The van der Waals surface area contributed by atoms with E-state index in [1.165, 1.54) is 12.4 Å². The Balaban J connectivity index is 2.18. The minimum absolute atomic E-state index is 0.0180. The van der Waals surface area contributed by atoms with E-state index in [1.54, 1.807) is 0 Å². The van der Waals surface area contributed by atoms with E-state index in [0.29, 0.717) is 26.1 Å². The third kappa shape index (κ3) is 2.95. The van der Waals surface area contributed by atoms with Gasteiger partial charge in [0, 0.05) is 18.8 Å². The zero-order valence-electron chi connectivity index (χ0n) is 10.1. The van der Waals surface area contributed by atoms with E-state index in [9.17, 15) is 8.42 Å². The molecule has 0 unspecified atom stereocenters. The first-order chi connectivity index (χ1) is 8.41. The number of rotatable bonds is 3. The van der Waals surface area contributed by atoms with Crippen LogP contribution in [0, 0.1) is 0 Å². The van der Waals surface area contributed by atoms with E-state index in [-0.39, 0.29) is 10.8 Å². The SMILES string of the molecule is CC1(NS(=O)(=O)c2cnc(N)nc2)CCOCC1. The van der Waals surface area contributed by atoms with Crippen molar-refractivity contribution in [3.63, 3.8) is 0 Å². The van der Waals surface area contributed by atoms with Gasteiger partial charge in [0.15, 0.2) is 0 Å². The molecule has 2 rings (SSSR count). The molecule has 18 heavy (non-hydrogen) atoms. The van der Waals surface area contributed by atoms with Gasteiger partial charge in [-0.2, -0.15) is 0 Å². The zero-order valence-corrected chi connectivity index (χ0v) is 10.9. The van der Waals surface area contributed by atoms with Crippen LogP contribution in [0.1, 0.15) is 19.8 Å². The molecule has 1 saturated heterocycles. The number of nitrogens with two attached hydrogens (primary N) is 1. The quantitative estimate of drug-likeness (QED) is 0.796. The van der Waals surface area contributed by atoms with Crippen molar-refractivity contribution in [3.8, 4) is 0 Å². The highest BCUT2D eigenvalue weighted by Crippen LogP contribution is 2.22. The number of ether oxygens (including phenoxy) is 1. The maximum Gasteiger partial charge on any atom is 0.244 e. The summed E-state index contributed by atoms with van der Waals surface area (Å²) in [7, 11) is -3.62. The van der Waals surface area contributed by atoms with Crippen LogP contribution in [0.15, 0.2) is 17.3 Å². The first kappa shape index (κ1) is 13.2. The van der Waals surface area contributed by atoms with Crippen molar-refractivity contribution in [3.05, 3.63) is 12.4 Å². The summed E-state index contributed by atoms with van der Waals surface area (Å²) in [6.07, 6.45) is 3.69. The fourth-order valence-corrected chi connectivity index (χ4v) is 3.13. The van der Waals surface area contributed by atoms with E-state index >= 15 is 0 Å². The van der Waals surface area contributed by atoms with E-state index in [2.05, 4.69) is 14.7 Å². The third-order valence-corrected chi connectivity index (χ3v) is 4.53. The average Bonchev–Trinajstić information content (AvgIpc) is 2.29. The van der Waals surface area contributed by atoms with Crippen LogP contribution in [0.3, 0.4) is 0 Å². The number of hydrogen-bond acceptors (Lipinski definition) is 6. The Kier molecular flexibility index (Phi) is 3.51. The number of hydrogen-bond donors (Lipinski definition) is 2. The van der Waals surface area contributed by atoms with Crippen molar-refractivity contribution in [2.75, 3.05) is 18.9 Å². The molecular weight excluding hydrogens is 256 g/mol. The third-order valence-electron chi connectivity index (χ3n) is 2.94. The standard InChI is InChI=1S/C10H16N4O3S/c1-10(2-4-17-5-3-10)14-18(15,16)8-6-12-9(11)13-7-8/h6-7,14H,2-5H2,1H3,(H2,11,12,13). The molecule has 0 aliphatic carbocycles. The highest BCUT2D eigenvalue weighted by molar-refractivity contribution is 7.89. The highest BCUT2D eigenvalue weighted by Gasteiger charge is 2.32. The summed E-state index contributed by atoms with van der Waals surface area (Å²) in [5, 5.41) is 0. The van der Waals surface area contributed by atoms with Gasteiger partial charge in [0.2, 0.25) is 16.0 Å². The second kappa shape index (κ2) is 4.79. The molecule has 1 aliphatic heterocycles. The second-order valence-electron chi connectivity index (χ2n) is 4.56. The largest absolute Gasteiger partial charge is 0.381 e. The molecule has 2 heterocycles. The summed E-state index contributed by atoms with van der Waals surface area (Å²) in [5.41, 5.74) is 4.84. The van der Waals surface area contributed by atoms with Crippen LogP contribution >= 0.6 is 0 Å². The Morgan fingerprint density at radius 3 is 2.44 bits per heavy atom. The van der Waals surface area contributed by atoms with Crippen LogP contribution in [-0.4, -0.2) is 37.1 Å². The van der Waals surface area contributed by atoms with E-state index < -0.39 is 15.6 Å². The van der Waals surface area contributed by atoms with Crippen LogP contribution in [0.25, 0.3) is 0 Å². The smallest absolute Gasteiger partial charge is 0.244 e. The Morgan fingerprint density at radius 1 is 1.33 bits per heavy atom. The molecule has 100 valence electrons. The fraction of sp³-hybridized carbons (Fsp3) is 0.600. The molecule has 0 amide bonds. The molecule has 8 heteroatoms. The molecule has 1 aliphatic rings. The minimum atomic E-state index is -3.62. The predicted octanol–water partition coefficient (Wildman–Crippen LogP) is -0.0938. The lowest BCUT2D eigenvalue weighted by Crippen LogP contribution is -2.49. The van der Waals surface area contributed by atoms with Crippen molar-refractivity contribution in [1.29, 1.82) is 0 Å². The number of aromatic nitrogens is 2. The van der Waals surface area contributed by atoms with Gasteiger partial charge in [-0.15, -0.1) is 0 Å². The van der Waals surface area contributed by atoms with Gasteiger partial charge < -0.3 is 10.5 Å². The summed E-state index contributed by atoms with van der Waals surface area (Å²) < 4.78 is 32.2. The van der Waals surface area contributed by atoms with E-state index in [1.807, 2.05) is 6.92 Å². The molecule has 1 fully saturated rings. The topological polar surface area (TPSA) is 107 Å². The first-order valence-electron chi connectivity index (χ1n) is 5.61. The van der Waals surface area contributed by atoms with E-state index in [0.717, 1.165) is 0 Å². The van der Waals surface area contributed by atoms with Gasteiger partial charge in [-0.1, -0.05) is 0 Å². The molecule has 0 aromatic carbocycles. The van der Waals surface area contributed by atoms with Crippen molar-refractivity contribution < 1.29 is 13.2 Å². The summed E-state index contributed by atoms with van der Waals surface area (Å²) in [5.74, 6) is 0.0474. The summed E-state index contributed by atoms with van der Waals surface area (Å²) in [6, 6.07) is 0. The van der Waals surface area contributed by atoms with Gasteiger partial charge in [-0.05, 0) is 19.8 Å². The van der Waals surface area contributed by atoms with Gasteiger partial charge in [0.25, 0.3) is 0 Å². The van der Waals surface area contributed by atoms with Gasteiger partial charge in [-0.3, -0.25) is 0 Å². The molecule has 0 spiro atoms. The number of nitrogen functional groups attached to an aromatic ring is 1. The lowest BCUT2D eigenvalue weighted by molar-refractivity contribution is 0.0537. The van der Waals surface area contributed by atoms with Crippen molar-refractivity contribution in [1.82, 2.24) is 14.7 Å². The van der Waals surface area contributed by atoms with Crippen molar-refractivity contribution >= 4 is 16.0 Å². The predicted molar refractivity (Wildman–Crippen MR) is 65.2 cm³/mol. The Labute approximate surface area is 106 Å². The minimum Gasteiger partial charge on any atom is -0.381 e. The number of sulfonamides is 1. The van der Waals surface area contributed by atoms with Crippen LogP contribution in [0.4, 0.5) is 5.95 Å². The molecule has 1 aromatic rings. The maximum absolute atomic E-state index is 12.1. The Hall–Kier alpha value is -1.25. The fourth-order valence-electron chi connectivity index (χ4n) is 1.77. The first-order valence-corrected chi connectivity index (χ1v) is 7.09. The van der Waals surface area contributed by atoms with Crippen LogP contribution in [0.2, 0.25) is 0 Å². The second-order valence-corrected chi connectivity index (χ2v) is 6.24. The molecule has 1 aromatic heterocycles. The molecule has 0 bridgehead atoms. The maximum atomic E-state index is 12.1. The van der Waals surface area contributed by atoms with Crippen LogP contribution in [-0.2, 0) is 14.8 Å². The van der Waals surface area contributed by atoms with E-state index in [4.69, 9.17) is 10.5 Å². The van der Waals surface area contributed by atoms with Crippen molar-refractivity contribution in [2.24, 2.45) is 0 Å². The average molecular weight is 272 g/mol. The molecule has 7 nitrogen and oxygen atoms in total. The van der Waals surface area contributed by atoms with Gasteiger partial charge in [0.1, 0.15) is 4.90 Å². The van der Waals surface area contributed by atoms with Crippen LogP contribution in [0.5, 0.6) is 0 Å². The van der Waals surface area contributed by atoms with Gasteiger partial charge >= 0.3 is 0 Å². The highest BCUT2D eigenvalue weighted by atomic mass is 32.2. The monoisotopic (exact) mass is 272 g/mol. The molecular formula is C10H16N4O3S. The summed E-state index contributed by atoms with van der Waals surface area (Å²) in [4.78, 5) is 7.39. The Morgan fingerprint density at radius 2 is 1.89 bits per heavy atom. The molecule has 3 N–H and O–H groups in total. The zero-order chi connectivity index (χ0) is 13.2.